The standard InChI is InChI=1S/C33H32O7/c1-4-5-6-9-18-39-27-15-12-22(20-29(27)37-2)14-17-31(34)40-28-16-13-23(21-30(28)38-3)19-26-32(35)24-10-7-8-11-25(24)33(26)36/h7-8,10-17,19-21H,4-6,9,18H2,1-3H3/b17-14+. The molecule has 0 saturated heterocycles. The molecule has 0 aromatic heterocycles. The first-order valence-electron chi connectivity index (χ1n) is 13.2. The Bertz CT molecular complexity index is 1430. The van der Waals surface area contributed by atoms with Crippen LogP contribution in [0.15, 0.2) is 72.3 Å². The second kappa shape index (κ2) is 13.4. The van der Waals surface area contributed by atoms with Crippen molar-refractivity contribution in [1.82, 2.24) is 0 Å². The molecule has 4 rings (SSSR count). The number of carbonyl (C=O) groups is 3. The van der Waals surface area contributed by atoms with E-state index in [4.69, 9.17) is 18.9 Å². The Hall–Kier alpha value is -4.65. The molecule has 1 aliphatic rings. The SMILES string of the molecule is CCCCCCOc1ccc(/C=C/C(=O)Oc2ccc(C=C3C(=O)c4ccccc4C3=O)cc2OC)cc1OC. The molecule has 0 radical (unpaired) electrons. The number of esters is 1. The van der Waals surface area contributed by atoms with Gasteiger partial charge >= 0.3 is 5.97 Å². The predicted molar refractivity (Wildman–Crippen MR) is 153 cm³/mol. The number of rotatable bonds is 12. The second-order valence-corrected chi connectivity index (χ2v) is 9.25. The van der Waals surface area contributed by atoms with Crippen LogP contribution in [0, 0.1) is 0 Å². The van der Waals surface area contributed by atoms with Crippen LogP contribution in [-0.2, 0) is 4.79 Å². The quantitative estimate of drug-likeness (QED) is 0.0826. The summed E-state index contributed by atoms with van der Waals surface area (Å²) in [6.45, 7) is 2.79. The lowest BCUT2D eigenvalue weighted by Crippen LogP contribution is -2.05. The van der Waals surface area contributed by atoms with Crippen LogP contribution in [0.3, 0.4) is 0 Å². The van der Waals surface area contributed by atoms with Gasteiger partial charge in [-0.25, -0.2) is 4.79 Å². The fourth-order valence-corrected chi connectivity index (χ4v) is 4.35. The predicted octanol–water partition coefficient (Wildman–Crippen LogP) is 6.74. The molecule has 0 fully saturated rings. The van der Waals surface area contributed by atoms with Gasteiger partial charge in [0.1, 0.15) is 0 Å². The summed E-state index contributed by atoms with van der Waals surface area (Å²) in [6.07, 6.45) is 8.91. The minimum Gasteiger partial charge on any atom is -0.493 e. The Morgan fingerprint density at radius 3 is 2.05 bits per heavy atom. The summed E-state index contributed by atoms with van der Waals surface area (Å²) < 4.78 is 22.2. The van der Waals surface area contributed by atoms with Crippen LogP contribution in [-0.4, -0.2) is 38.4 Å². The number of allylic oxidation sites excluding steroid dienone is 1. The smallest absolute Gasteiger partial charge is 0.336 e. The summed E-state index contributed by atoms with van der Waals surface area (Å²) >= 11 is 0. The average molecular weight is 541 g/mol. The summed E-state index contributed by atoms with van der Waals surface area (Å²) in [5.41, 5.74) is 2.18. The maximum atomic E-state index is 12.7. The highest BCUT2D eigenvalue weighted by Crippen LogP contribution is 2.32. The number of benzene rings is 3. The van der Waals surface area contributed by atoms with Gasteiger partial charge in [0.05, 0.1) is 26.4 Å². The molecule has 0 amide bonds. The Morgan fingerprint density at radius 2 is 1.38 bits per heavy atom. The first kappa shape index (κ1) is 28.4. The van der Waals surface area contributed by atoms with Crippen molar-refractivity contribution in [3.8, 4) is 23.0 Å². The first-order valence-corrected chi connectivity index (χ1v) is 13.2. The molecular weight excluding hydrogens is 508 g/mol. The molecular formula is C33H32O7. The van der Waals surface area contributed by atoms with Gasteiger partial charge in [-0.05, 0) is 54.0 Å². The Kier molecular flexibility index (Phi) is 9.52. The number of hydrogen-bond donors (Lipinski definition) is 0. The fourth-order valence-electron chi connectivity index (χ4n) is 4.35. The highest BCUT2D eigenvalue weighted by atomic mass is 16.6. The Labute approximate surface area is 234 Å². The number of carbonyl (C=O) groups excluding carboxylic acids is 3. The number of ketones is 2. The highest BCUT2D eigenvalue weighted by molar-refractivity contribution is 6.41. The first-order chi connectivity index (χ1) is 19.4. The van der Waals surface area contributed by atoms with Crippen molar-refractivity contribution in [2.45, 2.75) is 32.6 Å². The molecule has 0 aliphatic heterocycles. The Balaban J connectivity index is 1.41. The minimum atomic E-state index is -0.601. The normalized spacial score (nSPS) is 12.4. The van der Waals surface area contributed by atoms with Crippen LogP contribution >= 0.6 is 0 Å². The maximum absolute atomic E-state index is 12.7. The van der Waals surface area contributed by atoms with E-state index in [1.807, 2.05) is 12.1 Å². The monoisotopic (exact) mass is 540 g/mol. The van der Waals surface area contributed by atoms with Crippen molar-refractivity contribution in [3.05, 3.63) is 94.6 Å². The van der Waals surface area contributed by atoms with Crippen LogP contribution in [0.2, 0.25) is 0 Å². The van der Waals surface area contributed by atoms with Crippen LogP contribution < -0.4 is 18.9 Å². The fraction of sp³-hybridized carbons (Fsp3) is 0.242. The number of hydrogen-bond acceptors (Lipinski definition) is 7. The van der Waals surface area contributed by atoms with E-state index in [1.165, 1.54) is 32.1 Å². The molecule has 7 heteroatoms. The van der Waals surface area contributed by atoms with Gasteiger partial charge in [0.25, 0.3) is 0 Å². The van der Waals surface area contributed by atoms with Gasteiger partial charge in [0, 0.05) is 17.2 Å². The number of unbranched alkanes of at least 4 members (excludes halogenated alkanes) is 3. The van der Waals surface area contributed by atoms with E-state index in [1.54, 1.807) is 61.7 Å². The lowest BCUT2D eigenvalue weighted by Gasteiger charge is -2.11. The summed E-state index contributed by atoms with van der Waals surface area (Å²) in [7, 11) is 3.02. The van der Waals surface area contributed by atoms with Crippen molar-refractivity contribution >= 4 is 29.7 Å². The van der Waals surface area contributed by atoms with E-state index >= 15 is 0 Å². The number of Topliss-reactive ketones (excluding diaryl/α,β-unsaturated/α-hetero) is 2. The molecule has 0 saturated carbocycles. The van der Waals surface area contributed by atoms with Crippen molar-refractivity contribution in [2.24, 2.45) is 0 Å². The second-order valence-electron chi connectivity index (χ2n) is 9.25. The Morgan fingerprint density at radius 1 is 0.750 bits per heavy atom. The van der Waals surface area contributed by atoms with Gasteiger partial charge in [-0.3, -0.25) is 9.59 Å². The highest BCUT2D eigenvalue weighted by Gasteiger charge is 2.32. The van der Waals surface area contributed by atoms with Gasteiger partial charge in [-0.2, -0.15) is 0 Å². The lowest BCUT2D eigenvalue weighted by molar-refractivity contribution is -0.129. The average Bonchev–Trinajstić information content (AvgIpc) is 3.21. The molecule has 0 unspecified atom stereocenters. The topological polar surface area (TPSA) is 88.1 Å². The van der Waals surface area contributed by atoms with Crippen molar-refractivity contribution in [1.29, 1.82) is 0 Å². The van der Waals surface area contributed by atoms with Crippen LogP contribution in [0.1, 0.15) is 64.4 Å². The number of fused-ring (bicyclic) bond motifs is 1. The van der Waals surface area contributed by atoms with Gasteiger partial charge in [0.2, 0.25) is 0 Å². The summed E-state index contributed by atoms with van der Waals surface area (Å²) in [4.78, 5) is 37.9. The van der Waals surface area contributed by atoms with Crippen LogP contribution in [0.25, 0.3) is 12.2 Å². The zero-order valence-corrected chi connectivity index (χ0v) is 22.9. The van der Waals surface area contributed by atoms with Gasteiger partial charge in [-0.1, -0.05) is 62.6 Å². The summed E-state index contributed by atoms with van der Waals surface area (Å²) in [6, 6.07) is 17.0. The van der Waals surface area contributed by atoms with E-state index < -0.39 is 5.97 Å². The largest absolute Gasteiger partial charge is 0.493 e. The zero-order chi connectivity index (χ0) is 28.5. The van der Waals surface area contributed by atoms with Crippen molar-refractivity contribution in [3.63, 3.8) is 0 Å². The molecule has 0 heterocycles. The van der Waals surface area contributed by atoms with Crippen LogP contribution in [0.4, 0.5) is 0 Å². The van der Waals surface area contributed by atoms with Gasteiger partial charge in [0.15, 0.2) is 34.6 Å². The van der Waals surface area contributed by atoms with Crippen molar-refractivity contribution < 1.29 is 33.3 Å². The van der Waals surface area contributed by atoms with Gasteiger partial charge < -0.3 is 18.9 Å². The van der Waals surface area contributed by atoms with E-state index in [0.717, 1.165) is 18.4 Å². The lowest BCUT2D eigenvalue weighted by atomic mass is 10.1. The molecule has 7 nitrogen and oxygen atoms in total. The summed E-state index contributed by atoms with van der Waals surface area (Å²) in [5.74, 6) is 0.496. The van der Waals surface area contributed by atoms with Crippen LogP contribution in [0.5, 0.6) is 23.0 Å². The molecule has 1 aliphatic carbocycles. The van der Waals surface area contributed by atoms with E-state index in [0.29, 0.717) is 34.8 Å². The van der Waals surface area contributed by atoms with Gasteiger partial charge in [-0.15, -0.1) is 0 Å². The molecule has 0 N–H and O–H groups in total. The third-order valence-electron chi connectivity index (χ3n) is 6.47. The van der Waals surface area contributed by atoms with Crippen molar-refractivity contribution in [2.75, 3.05) is 20.8 Å². The third-order valence-corrected chi connectivity index (χ3v) is 6.47. The molecule has 0 spiro atoms. The number of methoxy groups -OCH3 is 2. The maximum Gasteiger partial charge on any atom is 0.336 e. The molecule has 206 valence electrons. The van der Waals surface area contributed by atoms with E-state index in [-0.39, 0.29) is 28.6 Å². The van der Waals surface area contributed by atoms with E-state index in [2.05, 4.69) is 6.92 Å². The molecule has 0 atom stereocenters. The molecule has 0 bridgehead atoms. The number of ether oxygens (including phenoxy) is 4. The summed E-state index contributed by atoms with van der Waals surface area (Å²) in [5, 5.41) is 0. The van der Waals surface area contributed by atoms with E-state index in [9.17, 15) is 14.4 Å². The molecule has 40 heavy (non-hydrogen) atoms. The molecule has 3 aromatic rings. The molecule has 3 aromatic carbocycles. The zero-order valence-electron chi connectivity index (χ0n) is 22.9. The third kappa shape index (κ3) is 6.67. The minimum absolute atomic E-state index is 0.0827.